The molecule has 1 aliphatic heterocycles. The van der Waals surface area contributed by atoms with Crippen LogP contribution in [0.1, 0.15) is 30.4 Å². The van der Waals surface area contributed by atoms with Gasteiger partial charge in [-0.2, -0.15) is 0 Å². The molecule has 0 saturated carbocycles. The minimum atomic E-state index is -0.632. The fourth-order valence-corrected chi connectivity index (χ4v) is 5.43. The van der Waals surface area contributed by atoms with Gasteiger partial charge in [0, 0.05) is 32.7 Å². The number of amides is 2. The normalized spacial score (nSPS) is 16.6. The van der Waals surface area contributed by atoms with Crippen molar-refractivity contribution in [1.82, 2.24) is 10.2 Å². The molecule has 1 aliphatic rings. The van der Waals surface area contributed by atoms with Crippen LogP contribution in [0.4, 0.5) is 5.69 Å². The van der Waals surface area contributed by atoms with Crippen LogP contribution >= 0.6 is 0 Å². The minimum Gasteiger partial charge on any atom is -0.457 e. The van der Waals surface area contributed by atoms with E-state index in [9.17, 15) is 9.59 Å². The predicted octanol–water partition coefficient (Wildman–Crippen LogP) is 5.78. The number of nitrogens with one attached hydrogen (secondary N) is 1. The van der Waals surface area contributed by atoms with Gasteiger partial charge in [0.05, 0.1) is 0 Å². The molecule has 5 rings (SSSR count). The molecule has 7 heteroatoms. The molecule has 1 saturated heterocycles. The fourth-order valence-electron chi connectivity index (χ4n) is 5.43. The number of nitrogens with two attached hydrogens (primary N) is 1. The Morgan fingerprint density at radius 1 is 0.767 bits per heavy atom. The smallest absolute Gasteiger partial charge is 0.246 e. The van der Waals surface area contributed by atoms with Crippen molar-refractivity contribution in [3.8, 4) is 22.6 Å². The summed E-state index contributed by atoms with van der Waals surface area (Å²) in [6.07, 6.45) is 2.59. The number of carbonyl (C=O) groups excluding carboxylic acids is 2. The first kappa shape index (κ1) is 29.9. The molecule has 0 aromatic heterocycles. The number of hydrogen-bond acceptors (Lipinski definition) is 5. The Morgan fingerprint density at radius 3 is 2.00 bits per heavy atom. The Bertz CT molecular complexity index is 1490. The van der Waals surface area contributed by atoms with Crippen molar-refractivity contribution < 1.29 is 14.3 Å². The van der Waals surface area contributed by atoms with Gasteiger partial charge in [-0.3, -0.25) is 9.59 Å². The van der Waals surface area contributed by atoms with Gasteiger partial charge < -0.3 is 25.6 Å². The topological polar surface area (TPSA) is 87.9 Å². The zero-order valence-electron chi connectivity index (χ0n) is 24.9. The van der Waals surface area contributed by atoms with Crippen LogP contribution in [-0.2, 0) is 22.6 Å². The maximum atomic E-state index is 13.9. The van der Waals surface area contributed by atoms with E-state index >= 15 is 0 Å². The molecule has 0 bridgehead atoms. The standard InChI is InChI=1S/C36H40N4O3/c1-39(2)30-17-21-32(22-18-30)43-31-19-13-26(14-20-31)24-33-36(42)40(34(35(41)38-33)10-6-7-23-37)25-27-11-15-29(16-12-27)28-8-4-3-5-9-28/h3-5,8-9,11-22,33-34H,6-7,10,23-25,37H2,1-2H3,(H,38,41). The maximum Gasteiger partial charge on any atom is 0.246 e. The number of hydrogen-bond donors (Lipinski definition) is 2. The molecule has 0 spiro atoms. The van der Waals surface area contributed by atoms with Gasteiger partial charge in [0.1, 0.15) is 23.6 Å². The lowest BCUT2D eigenvalue weighted by Gasteiger charge is -2.39. The highest BCUT2D eigenvalue weighted by Crippen LogP contribution is 2.26. The van der Waals surface area contributed by atoms with Gasteiger partial charge >= 0.3 is 0 Å². The number of rotatable bonds is 12. The summed E-state index contributed by atoms with van der Waals surface area (Å²) >= 11 is 0. The summed E-state index contributed by atoms with van der Waals surface area (Å²) in [6, 6.07) is 32.8. The SMILES string of the molecule is CN(C)c1ccc(Oc2ccc(CC3NC(=O)C(CCCCN)N(Cc4ccc(-c5ccccc5)cc4)C3=O)cc2)cc1. The van der Waals surface area contributed by atoms with Gasteiger partial charge in [-0.05, 0) is 84.5 Å². The third-order valence-corrected chi connectivity index (χ3v) is 7.87. The maximum absolute atomic E-state index is 13.9. The number of carbonyl (C=O) groups is 2. The molecule has 3 N–H and O–H groups in total. The van der Waals surface area contributed by atoms with E-state index in [1.807, 2.05) is 97.9 Å². The first-order valence-electron chi connectivity index (χ1n) is 14.9. The van der Waals surface area contributed by atoms with Gasteiger partial charge in [-0.1, -0.05) is 66.7 Å². The largest absolute Gasteiger partial charge is 0.457 e. The van der Waals surface area contributed by atoms with Crippen molar-refractivity contribution in [2.45, 2.75) is 44.3 Å². The Morgan fingerprint density at radius 2 is 1.37 bits per heavy atom. The monoisotopic (exact) mass is 576 g/mol. The van der Waals surface area contributed by atoms with Crippen molar-refractivity contribution >= 4 is 17.5 Å². The molecule has 0 radical (unpaired) electrons. The van der Waals surface area contributed by atoms with Crippen LogP contribution in [0.15, 0.2) is 103 Å². The Kier molecular flexibility index (Phi) is 9.74. The summed E-state index contributed by atoms with van der Waals surface area (Å²) in [5.74, 6) is 1.29. The molecule has 222 valence electrons. The summed E-state index contributed by atoms with van der Waals surface area (Å²) in [6.45, 7) is 0.942. The molecule has 2 amide bonds. The average molecular weight is 577 g/mol. The molecule has 1 fully saturated rings. The highest BCUT2D eigenvalue weighted by atomic mass is 16.5. The van der Waals surface area contributed by atoms with E-state index in [1.54, 1.807) is 4.90 Å². The van der Waals surface area contributed by atoms with Crippen LogP contribution in [0.25, 0.3) is 11.1 Å². The number of ether oxygens (including phenoxy) is 1. The van der Waals surface area contributed by atoms with E-state index < -0.39 is 12.1 Å². The zero-order chi connectivity index (χ0) is 30.2. The van der Waals surface area contributed by atoms with E-state index in [2.05, 4.69) is 29.6 Å². The molecule has 4 aromatic carbocycles. The highest BCUT2D eigenvalue weighted by molar-refractivity contribution is 5.97. The molecule has 2 atom stereocenters. The van der Waals surface area contributed by atoms with Gasteiger partial charge in [0.25, 0.3) is 0 Å². The molecule has 0 aliphatic carbocycles. The number of nitrogens with zero attached hydrogens (tertiary/aromatic N) is 2. The van der Waals surface area contributed by atoms with Crippen molar-refractivity contribution in [3.05, 3.63) is 114 Å². The average Bonchev–Trinajstić information content (AvgIpc) is 3.03. The Balaban J connectivity index is 1.27. The van der Waals surface area contributed by atoms with Crippen LogP contribution < -0.4 is 20.7 Å². The van der Waals surface area contributed by atoms with Crippen LogP contribution in [-0.4, -0.2) is 49.4 Å². The number of piperazine rings is 1. The van der Waals surface area contributed by atoms with E-state index in [0.29, 0.717) is 31.7 Å². The van der Waals surface area contributed by atoms with Gasteiger partial charge in [0.15, 0.2) is 0 Å². The molecule has 4 aromatic rings. The quantitative estimate of drug-likeness (QED) is 0.209. The van der Waals surface area contributed by atoms with Crippen molar-refractivity contribution in [2.24, 2.45) is 5.73 Å². The summed E-state index contributed by atoms with van der Waals surface area (Å²) in [5, 5.41) is 3.01. The van der Waals surface area contributed by atoms with Crippen molar-refractivity contribution in [1.29, 1.82) is 0 Å². The lowest BCUT2D eigenvalue weighted by molar-refractivity contribution is -0.150. The van der Waals surface area contributed by atoms with Gasteiger partial charge in [-0.25, -0.2) is 0 Å². The van der Waals surface area contributed by atoms with Crippen LogP contribution in [0.3, 0.4) is 0 Å². The van der Waals surface area contributed by atoms with E-state index in [-0.39, 0.29) is 11.8 Å². The second-order valence-corrected chi connectivity index (χ2v) is 11.2. The molecule has 2 unspecified atom stereocenters. The van der Waals surface area contributed by atoms with Crippen LogP contribution in [0.2, 0.25) is 0 Å². The second kappa shape index (κ2) is 14.0. The predicted molar refractivity (Wildman–Crippen MR) is 172 cm³/mol. The number of anilines is 1. The van der Waals surface area contributed by atoms with Crippen molar-refractivity contribution in [2.75, 3.05) is 25.5 Å². The third kappa shape index (κ3) is 7.62. The summed E-state index contributed by atoms with van der Waals surface area (Å²) in [5.41, 5.74) is 11.0. The molecule has 43 heavy (non-hydrogen) atoms. The third-order valence-electron chi connectivity index (χ3n) is 7.87. The molecular formula is C36H40N4O3. The summed E-state index contributed by atoms with van der Waals surface area (Å²) in [4.78, 5) is 31.0. The minimum absolute atomic E-state index is 0.0641. The van der Waals surface area contributed by atoms with Gasteiger partial charge in [0.2, 0.25) is 11.8 Å². The fraction of sp³-hybridized carbons (Fsp3) is 0.278. The first-order chi connectivity index (χ1) is 20.9. The Labute approximate surface area is 254 Å². The second-order valence-electron chi connectivity index (χ2n) is 11.2. The van der Waals surface area contributed by atoms with Gasteiger partial charge in [-0.15, -0.1) is 0 Å². The molecular weight excluding hydrogens is 536 g/mol. The summed E-state index contributed by atoms with van der Waals surface area (Å²) < 4.78 is 6.00. The number of benzene rings is 4. The van der Waals surface area contributed by atoms with Crippen LogP contribution in [0, 0.1) is 0 Å². The summed E-state index contributed by atoms with van der Waals surface area (Å²) in [7, 11) is 4.00. The van der Waals surface area contributed by atoms with E-state index in [1.165, 1.54) is 0 Å². The van der Waals surface area contributed by atoms with Crippen LogP contribution in [0.5, 0.6) is 11.5 Å². The lowest BCUT2D eigenvalue weighted by atomic mass is 9.96. The van der Waals surface area contributed by atoms with E-state index in [4.69, 9.17) is 10.5 Å². The highest BCUT2D eigenvalue weighted by Gasteiger charge is 2.40. The zero-order valence-corrected chi connectivity index (χ0v) is 24.9. The number of unbranched alkanes of at least 4 members (excludes halogenated alkanes) is 1. The molecule has 1 heterocycles. The van der Waals surface area contributed by atoms with Crippen molar-refractivity contribution in [3.63, 3.8) is 0 Å². The lowest BCUT2D eigenvalue weighted by Crippen LogP contribution is -2.63. The molecule has 7 nitrogen and oxygen atoms in total. The van der Waals surface area contributed by atoms with E-state index in [0.717, 1.165) is 46.5 Å². The Hall–Kier alpha value is -4.62. The first-order valence-corrected chi connectivity index (χ1v) is 14.9.